The van der Waals surface area contributed by atoms with E-state index in [9.17, 15) is 9.18 Å². The number of nitrogens with zero attached hydrogens (tertiary/aromatic N) is 2. The molecule has 0 radical (unpaired) electrons. The average molecular weight is 274 g/mol. The Bertz CT molecular complexity index is 626. The fourth-order valence-electron chi connectivity index (χ4n) is 2.42. The maximum atomic E-state index is 13.3. The van der Waals surface area contributed by atoms with Crippen molar-refractivity contribution in [3.8, 4) is 0 Å². The molecule has 3 rings (SSSR count). The summed E-state index contributed by atoms with van der Waals surface area (Å²) in [6.07, 6.45) is 3.57. The lowest BCUT2D eigenvalue weighted by molar-refractivity contribution is -0.117. The molecule has 1 aliphatic heterocycles. The molecule has 0 bridgehead atoms. The second-order valence-electron chi connectivity index (χ2n) is 4.95. The molecule has 1 aromatic carbocycles. The largest absolute Gasteiger partial charge is 0.324 e. The highest BCUT2D eigenvalue weighted by atomic mass is 19.1. The van der Waals surface area contributed by atoms with Crippen LogP contribution in [-0.2, 0) is 11.3 Å². The summed E-state index contributed by atoms with van der Waals surface area (Å²) in [6.45, 7) is 2.60. The Balaban J connectivity index is 1.74. The number of carbonyl (C=O) groups is 1. The number of carbonyl (C=O) groups excluding carboxylic acids is 1. The Morgan fingerprint density at radius 1 is 1.55 bits per heavy atom. The van der Waals surface area contributed by atoms with Crippen LogP contribution in [0.4, 0.5) is 10.1 Å². The lowest BCUT2D eigenvalue weighted by atomic mass is 10.1. The van der Waals surface area contributed by atoms with Gasteiger partial charge in [-0.25, -0.2) is 4.39 Å². The van der Waals surface area contributed by atoms with E-state index in [1.807, 2.05) is 19.2 Å². The third-order valence-corrected chi connectivity index (χ3v) is 3.32. The van der Waals surface area contributed by atoms with Gasteiger partial charge in [0, 0.05) is 29.7 Å². The van der Waals surface area contributed by atoms with Gasteiger partial charge in [-0.15, -0.1) is 0 Å². The predicted molar refractivity (Wildman–Crippen MR) is 72.6 cm³/mol. The molecule has 2 unspecified atom stereocenters. The summed E-state index contributed by atoms with van der Waals surface area (Å²) in [7, 11) is 0. The van der Waals surface area contributed by atoms with Gasteiger partial charge in [-0.05, 0) is 31.2 Å². The standard InChI is InChI=1S/C14H15FN4O/c1-9(8-19-6-2-5-16-19)17-13-11-7-10(15)3-4-12(11)18-14(13)20/h2-7,9,13,17H,8H2,1H3,(H,18,20). The number of halogens is 1. The van der Waals surface area contributed by atoms with Crippen LogP contribution in [0.15, 0.2) is 36.7 Å². The van der Waals surface area contributed by atoms with Crippen LogP contribution in [0, 0.1) is 5.82 Å². The fourth-order valence-corrected chi connectivity index (χ4v) is 2.42. The molecule has 104 valence electrons. The van der Waals surface area contributed by atoms with Crippen LogP contribution in [0.25, 0.3) is 0 Å². The first-order valence-corrected chi connectivity index (χ1v) is 6.47. The molecule has 2 N–H and O–H groups in total. The molecule has 1 aliphatic rings. The lowest BCUT2D eigenvalue weighted by Gasteiger charge is -2.18. The van der Waals surface area contributed by atoms with Crippen LogP contribution < -0.4 is 10.6 Å². The zero-order valence-corrected chi connectivity index (χ0v) is 11.0. The summed E-state index contributed by atoms with van der Waals surface area (Å²) in [5.41, 5.74) is 1.32. The summed E-state index contributed by atoms with van der Waals surface area (Å²) in [6, 6.07) is 5.67. The number of fused-ring (bicyclic) bond motifs is 1. The quantitative estimate of drug-likeness (QED) is 0.892. The number of anilines is 1. The summed E-state index contributed by atoms with van der Waals surface area (Å²) in [5, 5.41) is 10.1. The smallest absolute Gasteiger partial charge is 0.246 e. The number of hydrogen-bond acceptors (Lipinski definition) is 3. The highest BCUT2D eigenvalue weighted by Gasteiger charge is 2.31. The minimum atomic E-state index is -0.522. The third kappa shape index (κ3) is 2.42. The molecule has 1 amide bonds. The maximum Gasteiger partial charge on any atom is 0.246 e. The van der Waals surface area contributed by atoms with Gasteiger partial charge in [0.2, 0.25) is 5.91 Å². The van der Waals surface area contributed by atoms with E-state index in [1.165, 1.54) is 12.1 Å². The van der Waals surface area contributed by atoms with Crippen LogP contribution in [0.1, 0.15) is 18.5 Å². The van der Waals surface area contributed by atoms with E-state index in [-0.39, 0.29) is 17.8 Å². The van der Waals surface area contributed by atoms with Crippen molar-refractivity contribution in [2.45, 2.75) is 25.6 Å². The van der Waals surface area contributed by atoms with Crippen molar-refractivity contribution in [3.63, 3.8) is 0 Å². The minimum Gasteiger partial charge on any atom is -0.324 e. The van der Waals surface area contributed by atoms with Gasteiger partial charge in [0.1, 0.15) is 11.9 Å². The molecule has 20 heavy (non-hydrogen) atoms. The number of hydrogen-bond donors (Lipinski definition) is 2. The van der Waals surface area contributed by atoms with Gasteiger partial charge in [-0.2, -0.15) is 5.10 Å². The van der Waals surface area contributed by atoms with Gasteiger partial charge in [-0.3, -0.25) is 14.8 Å². The number of rotatable bonds is 4. The Kier molecular flexibility index (Phi) is 3.23. The second-order valence-corrected chi connectivity index (χ2v) is 4.95. The molecule has 0 aliphatic carbocycles. The van der Waals surface area contributed by atoms with Gasteiger partial charge >= 0.3 is 0 Å². The second kappa shape index (κ2) is 5.05. The number of amides is 1. The van der Waals surface area contributed by atoms with E-state index >= 15 is 0 Å². The van der Waals surface area contributed by atoms with Crippen molar-refractivity contribution < 1.29 is 9.18 Å². The van der Waals surface area contributed by atoms with E-state index < -0.39 is 6.04 Å². The SMILES string of the molecule is CC(Cn1cccn1)NC1C(=O)Nc2ccc(F)cc21. The normalized spacial score (nSPS) is 18.7. The minimum absolute atomic E-state index is 0.0277. The molecule has 0 saturated carbocycles. The van der Waals surface area contributed by atoms with Gasteiger partial charge in [0.25, 0.3) is 0 Å². The Labute approximate surface area is 115 Å². The van der Waals surface area contributed by atoms with Crippen molar-refractivity contribution in [2.24, 2.45) is 0 Å². The van der Waals surface area contributed by atoms with E-state index in [0.29, 0.717) is 17.8 Å². The van der Waals surface area contributed by atoms with Crippen LogP contribution in [0.2, 0.25) is 0 Å². The van der Waals surface area contributed by atoms with Gasteiger partial charge in [0.15, 0.2) is 0 Å². The summed E-state index contributed by atoms with van der Waals surface area (Å²) >= 11 is 0. The molecule has 0 spiro atoms. The average Bonchev–Trinajstić information content (AvgIpc) is 3.00. The molecule has 2 atom stereocenters. The van der Waals surface area contributed by atoms with Crippen LogP contribution >= 0.6 is 0 Å². The van der Waals surface area contributed by atoms with Crippen molar-refractivity contribution in [2.75, 3.05) is 5.32 Å². The Hall–Kier alpha value is -2.21. The molecule has 0 fully saturated rings. The number of aromatic nitrogens is 2. The Morgan fingerprint density at radius 3 is 3.15 bits per heavy atom. The lowest BCUT2D eigenvalue weighted by Crippen LogP contribution is -2.37. The zero-order chi connectivity index (χ0) is 14.1. The van der Waals surface area contributed by atoms with Gasteiger partial charge in [-0.1, -0.05) is 0 Å². The predicted octanol–water partition coefficient (Wildman–Crippen LogP) is 1.69. The number of benzene rings is 1. The van der Waals surface area contributed by atoms with Crippen molar-refractivity contribution in [1.29, 1.82) is 0 Å². The first-order valence-electron chi connectivity index (χ1n) is 6.47. The van der Waals surface area contributed by atoms with Crippen LogP contribution in [-0.4, -0.2) is 21.7 Å². The Morgan fingerprint density at radius 2 is 2.40 bits per heavy atom. The molecule has 0 saturated heterocycles. The van der Waals surface area contributed by atoms with Crippen molar-refractivity contribution in [3.05, 3.63) is 48.0 Å². The third-order valence-electron chi connectivity index (χ3n) is 3.32. The summed E-state index contributed by atoms with van der Waals surface area (Å²) < 4.78 is 15.1. The first-order chi connectivity index (χ1) is 9.63. The highest BCUT2D eigenvalue weighted by Crippen LogP contribution is 2.31. The monoisotopic (exact) mass is 274 g/mol. The molecule has 1 aromatic heterocycles. The van der Waals surface area contributed by atoms with E-state index in [1.54, 1.807) is 16.9 Å². The highest BCUT2D eigenvalue weighted by molar-refractivity contribution is 6.02. The first kappa shape index (κ1) is 12.8. The van der Waals surface area contributed by atoms with Crippen LogP contribution in [0.5, 0.6) is 0 Å². The van der Waals surface area contributed by atoms with Gasteiger partial charge in [0.05, 0.1) is 6.54 Å². The van der Waals surface area contributed by atoms with Gasteiger partial charge < -0.3 is 5.32 Å². The summed E-state index contributed by atoms with van der Waals surface area (Å²) in [5.74, 6) is -0.496. The van der Waals surface area contributed by atoms with Crippen LogP contribution in [0.3, 0.4) is 0 Å². The molecular formula is C14H15FN4O. The maximum absolute atomic E-state index is 13.3. The van der Waals surface area contributed by atoms with Crippen molar-refractivity contribution in [1.82, 2.24) is 15.1 Å². The molecule has 2 aromatic rings. The molecule has 6 heteroatoms. The zero-order valence-electron chi connectivity index (χ0n) is 11.0. The van der Waals surface area contributed by atoms with Crippen molar-refractivity contribution >= 4 is 11.6 Å². The topological polar surface area (TPSA) is 59.0 Å². The summed E-state index contributed by atoms with van der Waals surface area (Å²) in [4.78, 5) is 12.0. The fraction of sp³-hybridized carbons (Fsp3) is 0.286. The van der Waals surface area contributed by atoms with E-state index in [2.05, 4.69) is 15.7 Å². The molecule has 5 nitrogen and oxygen atoms in total. The van der Waals surface area contributed by atoms with E-state index in [0.717, 1.165) is 0 Å². The molecular weight excluding hydrogens is 259 g/mol. The number of nitrogens with one attached hydrogen (secondary N) is 2. The van der Waals surface area contributed by atoms with E-state index in [4.69, 9.17) is 0 Å². The molecule has 2 heterocycles.